The van der Waals surface area contributed by atoms with Crippen LogP contribution in [0.15, 0.2) is 22.4 Å². The summed E-state index contributed by atoms with van der Waals surface area (Å²) >= 11 is 2.77. The van der Waals surface area contributed by atoms with E-state index in [1.807, 2.05) is 0 Å². The molecule has 8 nitrogen and oxygen atoms in total. The summed E-state index contributed by atoms with van der Waals surface area (Å²) in [5.74, 6) is 0.584. The van der Waals surface area contributed by atoms with Gasteiger partial charge in [0.2, 0.25) is 5.91 Å². The molecule has 0 aliphatic heterocycles. The zero-order chi connectivity index (χ0) is 19.2. The Bertz CT molecular complexity index is 825. The number of thioether (sulfide) groups is 1. The second-order valence-electron chi connectivity index (χ2n) is 6.41. The van der Waals surface area contributed by atoms with Crippen molar-refractivity contribution in [1.29, 1.82) is 0 Å². The van der Waals surface area contributed by atoms with Crippen molar-refractivity contribution < 1.29 is 14.3 Å². The Balaban J connectivity index is 1.64. The number of hydrogen-bond acceptors (Lipinski definition) is 7. The highest BCUT2D eigenvalue weighted by Gasteiger charge is 2.15. The third kappa shape index (κ3) is 6.68. The summed E-state index contributed by atoms with van der Waals surface area (Å²) in [6.45, 7) is 5.96. The van der Waals surface area contributed by atoms with Crippen molar-refractivity contribution in [2.75, 3.05) is 18.8 Å². The second kappa shape index (κ2) is 9.04. The van der Waals surface area contributed by atoms with Gasteiger partial charge in [-0.05, 0) is 20.8 Å². The van der Waals surface area contributed by atoms with Crippen LogP contribution in [0.4, 0.5) is 4.79 Å². The number of alkyl carbamates (subject to hydrolysis) is 1. The van der Waals surface area contributed by atoms with Gasteiger partial charge in [-0.2, -0.15) is 0 Å². The molecule has 0 spiro atoms. The lowest BCUT2D eigenvalue weighted by Crippen LogP contribution is -2.38. The maximum atomic E-state index is 11.9. The quantitative estimate of drug-likeness (QED) is 0.688. The molecule has 0 fully saturated rings. The van der Waals surface area contributed by atoms with Crippen molar-refractivity contribution in [3.05, 3.63) is 33.7 Å². The Hall–Kier alpha value is -2.07. The van der Waals surface area contributed by atoms with Crippen molar-refractivity contribution in [2.45, 2.75) is 32.1 Å². The summed E-state index contributed by atoms with van der Waals surface area (Å²) < 4.78 is 6.58. The van der Waals surface area contributed by atoms with Gasteiger partial charge >= 0.3 is 6.09 Å². The Morgan fingerprint density at radius 1 is 1.31 bits per heavy atom. The fourth-order valence-electron chi connectivity index (χ4n) is 1.94. The third-order valence-corrected chi connectivity index (χ3v) is 4.68. The first-order chi connectivity index (χ1) is 12.2. The maximum Gasteiger partial charge on any atom is 0.407 e. The molecule has 0 radical (unpaired) electrons. The number of aromatic nitrogens is 2. The number of ether oxygens (including phenoxy) is 1. The van der Waals surface area contributed by atoms with Gasteiger partial charge in [-0.15, -0.1) is 23.1 Å². The van der Waals surface area contributed by atoms with Gasteiger partial charge in [0.15, 0.2) is 4.96 Å². The summed E-state index contributed by atoms with van der Waals surface area (Å²) in [5, 5.41) is 7.08. The van der Waals surface area contributed by atoms with Crippen molar-refractivity contribution in [1.82, 2.24) is 20.0 Å². The molecule has 0 atom stereocenters. The molecule has 142 valence electrons. The molecule has 2 amide bonds. The fourth-order valence-corrected chi connectivity index (χ4v) is 3.43. The van der Waals surface area contributed by atoms with E-state index in [0.717, 1.165) is 0 Å². The molecular weight excluding hydrogens is 376 g/mol. The fraction of sp³-hybridized carbons (Fsp3) is 0.500. The van der Waals surface area contributed by atoms with Gasteiger partial charge in [-0.3, -0.25) is 14.0 Å². The van der Waals surface area contributed by atoms with Crippen LogP contribution in [0.3, 0.4) is 0 Å². The minimum absolute atomic E-state index is 0.121. The van der Waals surface area contributed by atoms with E-state index in [-0.39, 0.29) is 17.2 Å². The first-order valence-electron chi connectivity index (χ1n) is 8.02. The number of thiazole rings is 1. The van der Waals surface area contributed by atoms with Crippen LogP contribution in [-0.4, -0.2) is 45.8 Å². The van der Waals surface area contributed by atoms with Crippen LogP contribution in [-0.2, 0) is 15.3 Å². The average Bonchev–Trinajstić information content (AvgIpc) is 2.99. The lowest BCUT2D eigenvalue weighted by Gasteiger charge is -2.19. The van der Waals surface area contributed by atoms with Crippen LogP contribution in [0.5, 0.6) is 0 Å². The van der Waals surface area contributed by atoms with Gasteiger partial charge in [0.1, 0.15) is 5.60 Å². The third-order valence-electron chi connectivity index (χ3n) is 2.95. The molecule has 26 heavy (non-hydrogen) atoms. The minimum atomic E-state index is -0.549. The van der Waals surface area contributed by atoms with Crippen molar-refractivity contribution in [2.24, 2.45) is 0 Å². The van der Waals surface area contributed by atoms with Crippen LogP contribution < -0.4 is 16.2 Å². The molecule has 0 saturated carbocycles. The molecule has 2 aromatic heterocycles. The Morgan fingerprint density at radius 2 is 2.04 bits per heavy atom. The number of amides is 2. The maximum absolute atomic E-state index is 11.9. The lowest BCUT2D eigenvalue weighted by atomic mass is 10.2. The molecule has 0 bridgehead atoms. The van der Waals surface area contributed by atoms with Crippen LogP contribution in [0, 0.1) is 0 Å². The number of hydrogen-bond donors (Lipinski definition) is 2. The van der Waals surface area contributed by atoms with Crippen LogP contribution in [0.25, 0.3) is 4.96 Å². The molecule has 0 unspecified atom stereocenters. The predicted octanol–water partition coefficient (Wildman–Crippen LogP) is 1.63. The smallest absolute Gasteiger partial charge is 0.407 e. The Morgan fingerprint density at radius 3 is 2.77 bits per heavy atom. The van der Waals surface area contributed by atoms with E-state index in [4.69, 9.17) is 4.74 Å². The largest absolute Gasteiger partial charge is 0.444 e. The topological polar surface area (TPSA) is 102 Å². The molecule has 0 aliphatic rings. The molecule has 0 aliphatic carbocycles. The van der Waals surface area contributed by atoms with Crippen LogP contribution >= 0.6 is 23.1 Å². The first kappa shape index (κ1) is 20.2. The lowest BCUT2D eigenvalue weighted by molar-refractivity contribution is -0.118. The zero-order valence-electron chi connectivity index (χ0n) is 14.9. The summed E-state index contributed by atoms with van der Waals surface area (Å²) in [6.07, 6.45) is 1.17. The molecule has 2 aromatic rings. The predicted molar refractivity (Wildman–Crippen MR) is 103 cm³/mol. The van der Waals surface area contributed by atoms with E-state index in [9.17, 15) is 14.4 Å². The Kier molecular flexibility index (Phi) is 7.04. The molecule has 2 N–H and O–H groups in total. The van der Waals surface area contributed by atoms with Gasteiger partial charge in [0.05, 0.1) is 11.4 Å². The minimum Gasteiger partial charge on any atom is -0.444 e. The highest BCUT2D eigenvalue weighted by Crippen LogP contribution is 2.12. The number of rotatable bonds is 7. The zero-order valence-corrected chi connectivity index (χ0v) is 16.5. The van der Waals surface area contributed by atoms with E-state index >= 15 is 0 Å². The molecule has 0 aromatic carbocycles. The van der Waals surface area contributed by atoms with Gasteiger partial charge < -0.3 is 15.4 Å². The molecule has 2 heterocycles. The van der Waals surface area contributed by atoms with Crippen molar-refractivity contribution in [3.8, 4) is 0 Å². The summed E-state index contributed by atoms with van der Waals surface area (Å²) in [6, 6.07) is 1.48. The standard InChI is InChI=1S/C16H22N4O4S2/c1-16(2,3)24-15(23)18-5-4-17-12(21)10-25-9-11-8-13(22)20-6-7-26-14(20)19-11/h6-8H,4-5,9-10H2,1-3H3,(H,17,21)(H,18,23). The number of nitrogens with zero attached hydrogens (tertiary/aromatic N) is 2. The highest BCUT2D eigenvalue weighted by molar-refractivity contribution is 7.99. The van der Waals surface area contributed by atoms with Crippen molar-refractivity contribution in [3.63, 3.8) is 0 Å². The highest BCUT2D eigenvalue weighted by atomic mass is 32.2. The summed E-state index contributed by atoms with van der Waals surface area (Å²) in [4.78, 5) is 40.1. The van der Waals surface area contributed by atoms with Crippen molar-refractivity contribution >= 4 is 40.1 Å². The second-order valence-corrected chi connectivity index (χ2v) is 8.27. The van der Waals surface area contributed by atoms with E-state index in [2.05, 4.69) is 15.6 Å². The Labute approximate surface area is 159 Å². The van der Waals surface area contributed by atoms with Gasteiger partial charge in [-0.25, -0.2) is 9.78 Å². The molecule has 0 saturated heterocycles. The van der Waals surface area contributed by atoms with Crippen LogP contribution in [0.2, 0.25) is 0 Å². The van der Waals surface area contributed by atoms with Gasteiger partial charge in [-0.1, -0.05) is 0 Å². The molecule has 2 rings (SSSR count). The number of fused-ring (bicyclic) bond motifs is 1. The van der Waals surface area contributed by atoms with Crippen LogP contribution in [0.1, 0.15) is 26.5 Å². The molecular formula is C16H22N4O4S2. The molecule has 10 heteroatoms. The van der Waals surface area contributed by atoms with E-state index in [1.54, 1.807) is 32.3 Å². The van der Waals surface area contributed by atoms with Gasteiger partial charge in [0.25, 0.3) is 5.56 Å². The number of carbonyl (C=O) groups is 2. The average molecular weight is 399 g/mol. The number of carbonyl (C=O) groups excluding carboxylic acids is 2. The monoisotopic (exact) mass is 398 g/mol. The van der Waals surface area contributed by atoms with E-state index in [0.29, 0.717) is 29.5 Å². The first-order valence-corrected chi connectivity index (χ1v) is 10.0. The summed E-state index contributed by atoms with van der Waals surface area (Å²) in [5.41, 5.74) is -0.0153. The van der Waals surface area contributed by atoms with E-state index < -0.39 is 11.7 Å². The summed E-state index contributed by atoms with van der Waals surface area (Å²) in [7, 11) is 0. The van der Waals surface area contributed by atoms with E-state index in [1.165, 1.54) is 33.6 Å². The van der Waals surface area contributed by atoms with Gasteiger partial charge in [0, 0.05) is 36.5 Å². The normalized spacial score (nSPS) is 11.3. The number of nitrogens with one attached hydrogen (secondary N) is 2. The SMILES string of the molecule is CC(C)(C)OC(=O)NCCNC(=O)CSCc1cc(=O)n2ccsc2n1.